The maximum atomic E-state index is 6.00. The molecule has 0 aliphatic carbocycles. The Hall–Kier alpha value is -1.81. The van der Waals surface area contributed by atoms with Crippen LogP contribution in [0.15, 0.2) is 30.5 Å². The summed E-state index contributed by atoms with van der Waals surface area (Å²) in [5, 5.41) is 1.11. The van der Waals surface area contributed by atoms with E-state index < -0.39 is 0 Å². The fourth-order valence-electron chi connectivity index (χ4n) is 2.83. The summed E-state index contributed by atoms with van der Waals surface area (Å²) in [5.74, 6) is 0. The van der Waals surface area contributed by atoms with Crippen molar-refractivity contribution in [3.63, 3.8) is 0 Å². The Morgan fingerprint density at radius 3 is 2.68 bits per heavy atom. The monoisotopic (exact) mass is 257 g/mol. The van der Waals surface area contributed by atoms with Gasteiger partial charge in [-0.1, -0.05) is 12.1 Å². The minimum absolute atomic E-state index is 0.244. The van der Waals surface area contributed by atoms with Gasteiger partial charge in [0, 0.05) is 30.4 Å². The van der Waals surface area contributed by atoms with Gasteiger partial charge < -0.3 is 15.4 Å². The molecule has 3 rings (SSSR count). The van der Waals surface area contributed by atoms with Crippen LogP contribution >= 0.6 is 0 Å². The molecule has 0 saturated carbocycles. The number of hydrogen-bond donors (Lipinski definition) is 1. The molecule has 0 radical (unpaired) electrons. The highest BCUT2D eigenvalue weighted by molar-refractivity contribution is 5.98. The minimum atomic E-state index is 0.244. The maximum absolute atomic E-state index is 6.00. The number of para-hydroxylation sites is 1. The van der Waals surface area contributed by atoms with Crippen LogP contribution in [-0.4, -0.2) is 30.3 Å². The summed E-state index contributed by atoms with van der Waals surface area (Å²) in [6.45, 7) is 6.03. The van der Waals surface area contributed by atoms with Crippen LogP contribution in [-0.2, 0) is 4.74 Å². The van der Waals surface area contributed by atoms with Gasteiger partial charge in [0.1, 0.15) is 0 Å². The quantitative estimate of drug-likeness (QED) is 0.797. The fraction of sp³-hybridized carbons (Fsp3) is 0.400. The first-order valence-corrected chi connectivity index (χ1v) is 6.69. The summed E-state index contributed by atoms with van der Waals surface area (Å²) in [6, 6.07) is 8.02. The molecule has 2 heterocycles. The molecule has 2 unspecified atom stereocenters. The molecule has 4 heteroatoms. The molecule has 2 aromatic rings. The van der Waals surface area contributed by atoms with Gasteiger partial charge in [-0.3, -0.25) is 4.98 Å². The van der Waals surface area contributed by atoms with Gasteiger partial charge in [0.05, 0.1) is 23.4 Å². The lowest BCUT2D eigenvalue weighted by molar-refractivity contribution is -0.00513. The lowest BCUT2D eigenvalue weighted by atomic mass is 10.1. The number of rotatable bonds is 1. The normalized spacial score (nSPS) is 23.8. The number of nitrogens with two attached hydrogens (primary N) is 1. The van der Waals surface area contributed by atoms with E-state index in [-0.39, 0.29) is 12.2 Å². The summed E-state index contributed by atoms with van der Waals surface area (Å²) in [5.41, 5.74) is 8.81. The number of benzene rings is 1. The summed E-state index contributed by atoms with van der Waals surface area (Å²) >= 11 is 0. The molecule has 1 saturated heterocycles. The summed E-state index contributed by atoms with van der Waals surface area (Å²) in [7, 11) is 0. The Bertz CT molecular complexity index is 589. The second kappa shape index (κ2) is 4.70. The molecule has 1 fully saturated rings. The van der Waals surface area contributed by atoms with Crippen LogP contribution in [0.25, 0.3) is 10.9 Å². The molecular weight excluding hydrogens is 238 g/mol. The van der Waals surface area contributed by atoms with E-state index in [9.17, 15) is 0 Å². The average molecular weight is 257 g/mol. The van der Waals surface area contributed by atoms with Gasteiger partial charge in [0.15, 0.2) is 0 Å². The van der Waals surface area contributed by atoms with Gasteiger partial charge in [-0.15, -0.1) is 0 Å². The third-order valence-electron chi connectivity index (χ3n) is 3.54. The SMILES string of the molecule is CC1CN(c2ccnc3c(N)cccc23)CC(C)O1. The third kappa shape index (κ3) is 2.24. The molecule has 1 aliphatic rings. The number of nitrogens with zero attached hydrogens (tertiary/aromatic N) is 2. The van der Waals surface area contributed by atoms with E-state index in [4.69, 9.17) is 10.5 Å². The first-order chi connectivity index (χ1) is 9.15. The molecule has 4 nitrogen and oxygen atoms in total. The molecular formula is C15H19N3O. The van der Waals surface area contributed by atoms with E-state index in [2.05, 4.69) is 35.9 Å². The molecule has 1 aliphatic heterocycles. The van der Waals surface area contributed by atoms with Crippen molar-refractivity contribution in [1.29, 1.82) is 0 Å². The van der Waals surface area contributed by atoms with E-state index >= 15 is 0 Å². The predicted molar refractivity (Wildman–Crippen MR) is 78.4 cm³/mol. The van der Waals surface area contributed by atoms with E-state index in [0.717, 1.165) is 29.7 Å². The first-order valence-electron chi connectivity index (χ1n) is 6.69. The van der Waals surface area contributed by atoms with Crippen LogP contribution in [0.5, 0.6) is 0 Å². The molecule has 0 spiro atoms. The van der Waals surface area contributed by atoms with E-state index in [1.807, 2.05) is 18.3 Å². The predicted octanol–water partition coefficient (Wildman–Crippen LogP) is 2.43. The van der Waals surface area contributed by atoms with Crippen molar-refractivity contribution < 1.29 is 4.74 Å². The van der Waals surface area contributed by atoms with Crippen molar-refractivity contribution >= 4 is 22.3 Å². The number of hydrogen-bond acceptors (Lipinski definition) is 4. The Morgan fingerprint density at radius 1 is 1.21 bits per heavy atom. The van der Waals surface area contributed by atoms with Crippen LogP contribution in [0.1, 0.15) is 13.8 Å². The van der Waals surface area contributed by atoms with Gasteiger partial charge >= 0.3 is 0 Å². The van der Waals surface area contributed by atoms with Crippen LogP contribution in [0.2, 0.25) is 0 Å². The van der Waals surface area contributed by atoms with Crippen LogP contribution in [0.3, 0.4) is 0 Å². The molecule has 1 aromatic heterocycles. The molecule has 0 amide bonds. The Labute approximate surface area is 113 Å². The Kier molecular flexibility index (Phi) is 3.03. The smallest absolute Gasteiger partial charge is 0.0951 e. The molecule has 100 valence electrons. The van der Waals surface area contributed by atoms with Gasteiger partial charge in [0.2, 0.25) is 0 Å². The Balaban J connectivity index is 2.07. The number of aromatic nitrogens is 1. The maximum Gasteiger partial charge on any atom is 0.0951 e. The second-order valence-corrected chi connectivity index (χ2v) is 5.24. The van der Waals surface area contributed by atoms with Crippen molar-refractivity contribution in [2.45, 2.75) is 26.1 Å². The van der Waals surface area contributed by atoms with Crippen molar-refractivity contribution in [3.05, 3.63) is 30.5 Å². The molecule has 2 N–H and O–H groups in total. The lowest BCUT2D eigenvalue weighted by Crippen LogP contribution is -2.45. The van der Waals surface area contributed by atoms with Crippen LogP contribution < -0.4 is 10.6 Å². The molecule has 19 heavy (non-hydrogen) atoms. The van der Waals surface area contributed by atoms with Gasteiger partial charge in [-0.25, -0.2) is 0 Å². The summed E-state index contributed by atoms with van der Waals surface area (Å²) < 4.78 is 5.79. The highest BCUT2D eigenvalue weighted by atomic mass is 16.5. The topological polar surface area (TPSA) is 51.4 Å². The molecule has 1 aromatic carbocycles. The standard InChI is InChI=1S/C15H19N3O/c1-10-8-18(9-11(2)19-10)14-6-7-17-15-12(14)4-3-5-13(15)16/h3-7,10-11H,8-9,16H2,1-2H3. The van der Waals surface area contributed by atoms with Crippen molar-refractivity contribution in [3.8, 4) is 0 Å². The zero-order chi connectivity index (χ0) is 13.4. The molecule has 2 atom stereocenters. The number of fused-ring (bicyclic) bond motifs is 1. The van der Waals surface area contributed by atoms with Crippen LogP contribution in [0, 0.1) is 0 Å². The summed E-state index contributed by atoms with van der Waals surface area (Å²) in [4.78, 5) is 6.75. The number of anilines is 2. The van der Waals surface area contributed by atoms with E-state index in [1.165, 1.54) is 5.69 Å². The number of morpholine rings is 1. The van der Waals surface area contributed by atoms with Crippen molar-refractivity contribution in [1.82, 2.24) is 4.98 Å². The minimum Gasteiger partial charge on any atom is -0.397 e. The third-order valence-corrected chi connectivity index (χ3v) is 3.54. The number of pyridine rings is 1. The number of ether oxygens (including phenoxy) is 1. The van der Waals surface area contributed by atoms with E-state index in [0.29, 0.717) is 0 Å². The second-order valence-electron chi connectivity index (χ2n) is 5.24. The largest absolute Gasteiger partial charge is 0.397 e. The fourth-order valence-corrected chi connectivity index (χ4v) is 2.83. The lowest BCUT2D eigenvalue weighted by Gasteiger charge is -2.37. The van der Waals surface area contributed by atoms with Gasteiger partial charge in [0.25, 0.3) is 0 Å². The van der Waals surface area contributed by atoms with Gasteiger partial charge in [-0.05, 0) is 26.0 Å². The highest BCUT2D eigenvalue weighted by Crippen LogP contribution is 2.30. The number of nitrogen functional groups attached to an aromatic ring is 1. The van der Waals surface area contributed by atoms with Crippen LogP contribution in [0.4, 0.5) is 11.4 Å². The molecule has 0 bridgehead atoms. The summed E-state index contributed by atoms with van der Waals surface area (Å²) in [6.07, 6.45) is 2.32. The van der Waals surface area contributed by atoms with Crippen molar-refractivity contribution in [2.75, 3.05) is 23.7 Å². The zero-order valence-electron chi connectivity index (χ0n) is 11.3. The van der Waals surface area contributed by atoms with Gasteiger partial charge in [-0.2, -0.15) is 0 Å². The Morgan fingerprint density at radius 2 is 1.95 bits per heavy atom. The van der Waals surface area contributed by atoms with E-state index in [1.54, 1.807) is 0 Å². The van der Waals surface area contributed by atoms with Crippen molar-refractivity contribution in [2.24, 2.45) is 0 Å². The highest BCUT2D eigenvalue weighted by Gasteiger charge is 2.23. The first kappa shape index (κ1) is 12.2. The zero-order valence-corrected chi connectivity index (χ0v) is 11.3. The average Bonchev–Trinajstić information content (AvgIpc) is 2.37.